The van der Waals surface area contributed by atoms with Crippen LogP contribution < -0.4 is 0 Å². The van der Waals surface area contributed by atoms with Gasteiger partial charge in [0.15, 0.2) is 0 Å². The predicted octanol–water partition coefficient (Wildman–Crippen LogP) is 3.24. The van der Waals surface area contributed by atoms with E-state index in [4.69, 9.17) is 11.6 Å². The number of benzene rings is 1. The zero-order valence-corrected chi connectivity index (χ0v) is 14.8. The first-order chi connectivity index (χ1) is 12.8. The fourth-order valence-electron chi connectivity index (χ4n) is 2.84. The van der Waals surface area contributed by atoms with Crippen LogP contribution in [0.15, 0.2) is 42.7 Å². The molecule has 3 rings (SSSR count). The van der Waals surface area contributed by atoms with Gasteiger partial charge in [0.05, 0.1) is 16.1 Å². The largest absolute Gasteiger partial charge is 0.417 e. The van der Waals surface area contributed by atoms with Crippen LogP contribution in [0.2, 0.25) is 5.02 Å². The summed E-state index contributed by atoms with van der Waals surface area (Å²) in [5.41, 5.74) is -0.432. The molecule has 1 aromatic carbocycles. The Morgan fingerprint density at radius 1 is 1.15 bits per heavy atom. The summed E-state index contributed by atoms with van der Waals surface area (Å²) in [4.78, 5) is 31.7. The first-order valence-electron chi connectivity index (χ1n) is 8.09. The molecule has 1 aliphatic heterocycles. The van der Waals surface area contributed by atoms with E-state index in [9.17, 15) is 22.8 Å². The molecule has 2 aromatic rings. The summed E-state index contributed by atoms with van der Waals surface area (Å²) in [7, 11) is 0. The summed E-state index contributed by atoms with van der Waals surface area (Å²) in [5, 5.41) is -0.651. The minimum atomic E-state index is -4.66. The molecular formula is C18H15ClF3N3O2. The number of carbonyl (C=O) groups excluding carboxylic acids is 2. The lowest BCUT2D eigenvalue weighted by molar-refractivity contribution is -0.138. The van der Waals surface area contributed by atoms with Gasteiger partial charge in [0, 0.05) is 32.0 Å². The van der Waals surface area contributed by atoms with Crippen LogP contribution in [0.25, 0.3) is 0 Å². The number of amides is 2. The van der Waals surface area contributed by atoms with Gasteiger partial charge in [-0.1, -0.05) is 17.7 Å². The molecule has 142 valence electrons. The Labute approximate surface area is 158 Å². The van der Waals surface area contributed by atoms with Crippen molar-refractivity contribution in [2.45, 2.75) is 12.7 Å². The predicted molar refractivity (Wildman–Crippen MR) is 92.0 cm³/mol. The third kappa shape index (κ3) is 4.21. The van der Waals surface area contributed by atoms with Crippen LogP contribution in [0.1, 0.15) is 21.5 Å². The summed E-state index contributed by atoms with van der Waals surface area (Å²) in [6.45, 7) is 0.663. The number of pyridine rings is 1. The van der Waals surface area contributed by atoms with E-state index in [-0.39, 0.29) is 31.1 Å². The van der Waals surface area contributed by atoms with Crippen LogP contribution in [-0.2, 0) is 17.5 Å². The van der Waals surface area contributed by atoms with Crippen molar-refractivity contribution in [1.82, 2.24) is 14.8 Å². The molecule has 2 heterocycles. The van der Waals surface area contributed by atoms with E-state index in [0.29, 0.717) is 6.54 Å². The minimum Gasteiger partial charge on any atom is -0.335 e. The summed E-state index contributed by atoms with van der Waals surface area (Å²) in [6.07, 6.45) is -1.42. The van der Waals surface area contributed by atoms with Gasteiger partial charge in [-0.25, -0.2) is 0 Å². The molecule has 1 aromatic heterocycles. The van der Waals surface area contributed by atoms with Crippen LogP contribution in [0.3, 0.4) is 0 Å². The highest BCUT2D eigenvalue weighted by Gasteiger charge is 2.36. The second kappa shape index (κ2) is 7.56. The molecule has 27 heavy (non-hydrogen) atoms. The topological polar surface area (TPSA) is 53.5 Å². The molecule has 1 aliphatic rings. The van der Waals surface area contributed by atoms with E-state index in [0.717, 1.165) is 17.7 Å². The molecule has 2 amide bonds. The van der Waals surface area contributed by atoms with E-state index in [2.05, 4.69) is 4.98 Å². The molecule has 1 fully saturated rings. The molecule has 0 bridgehead atoms. The number of halogens is 4. The van der Waals surface area contributed by atoms with Crippen LogP contribution in [0, 0.1) is 0 Å². The van der Waals surface area contributed by atoms with Gasteiger partial charge in [-0.15, -0.1) is 0 Å². The Morgan fingerprint density at radius 3 is 2.48 bits per heavy atom. The Bertz CT molecular complexity index is 859. The lowest BCUT2D eigenvalue weighted by atomic mass is 10.1. The van der Waals surface area contributed by atoms with Gasteiger partial charge < -0.3 is 9.80 Å². The molecule has 0 radical (unpaired) electrons. The van der Waals surface area contributed by atoms with Gasteiger partial charge in [-0.2, -0.15) is 13.2 Å². The first-order valence-corrected chi connectivity index (χ1v) is 8.47. The van der Waals surface area contributed by atoms with Gasteiger partial charge in [-0.3, -0.25) is 14.6 Å². The maximum absolute atomic E-state index is 13.0. The third-order valence-corrected chi connectivity index (χ3v) is 4.67. The second-order valence-corrected chi connectivity index (χ2v) is 6.44. The fourth-order valence-corrected chi connectivity index (χ4v) is 3.16. The smallest absolute Gasteiger partial charge is 0.335 e. The number of carbonyl (C=O) groups is 2. The molecule has 0 atom stereocenters. The van der Waals surface area contributed by atoms with E-state index in [1.54, 1.807) is 29.4 Å². The zero-order valence-electron chi connectivity index (χ0n) is 14.0. The summed E-state index contributed by atoms with van der Waals surface area (Å²) < 4.78 is 38.9. The van der Waals surface area contributed by atoms with E-state index < -0.39 is 22.7 Å². The Balaban J connectivity index is 1.72. The molecule has 5 nitrogen and oxygen atoms in total. The maximum atomic E-state index is 13.0. The van der Waals surface area contributed by atoms with E-state index >= 15 is 0 Å². The molecule has 0 aliphatic carbocycles. The number of nitrogens with zero attached hydrogens (tertiary/aromatic N) is 3. The number of rotatable bonds is 3. The number of hydrogen-bond acceptors (Lipinski definition) is 3. The second-order valence-electron chi connectivity index (χ2n) is 6.06. The minimum absolute atomic E-state index is 0.211. The van der Waals surface area contributed by atoms with Crippen LogP contribution >= 0.6 is 11.6 Å². The average Bonchev–Trinajstić information content (AvgIpc) is 2.63. The highest BCUT2D eigenvalue weighted by Crippen LogP contribution is 2.36. The lowest BCUT2D eigenvalue weighted by Crippen LogP contribution is -2.51. The lowest BCUT2D eigenvalue weighted by Gasteiger charge is -2.34. The van der Waals surface area contributed by atoms with Gasteiger partial charge >= 0.3 is 6.18 Å². The first kappa shape index (κ1) is 19.2. The molecule has 0 saturated carbocycles. The molecule has 9 heteroatoms. The normalized spacial score (nSPS) is 15.2. The van der Waals surface area contributed by atoms with E-state index in [1.165, 1.54) is 11.0 Å². The summed E-state index contributed by atoms with van der Waals surface area (Å²) >= 11 is 5.81. The summed E-state index contributed by atoms with van der Waals surface area (Å²) in [6, 6.07) is 6.74. The van der Waals surface area contributed by atoms with Crippen molar-refractivity contribution < 1.29 is 22.8 Å². The molecule has 1 saturated heterocycles. The van der Waals surface area contributed by atoms with Crippen LogP contribution in [0.4, 0.5) is 13.2 Å². The molecule has 0 unspecified atom stereocenters. The van der Waals surface area contributed by atoms with Crippen molar-refractivity contribution in [1.29, 1.82) is 0 Å². The number of aromatic nitrogens is 1. The van der Waals surface area contributed by atoms with Crippen molar-refractivity contribution >= 4 is 23.4 Å². The van der Waals surface area contributed by atoms with Crippen molar-refractivity contribution in [3.63, 3.8) is 0 Å². The Morgan fingerprint density at radius 2 is 1.85 bits per heavy atom. The Kier molecular flexibility index (Phi) is 5.36. The van der Waals surface area contributed by atoms with Crippen molar-refractivity contribution in [2.75, 3.05) is 19.6 Å². The molecule has 0 N–H and O–H groups in total. The highest BCUT2D eigenvalue weighted by molar-refractivity contribution is 6.34. The molecule has 0 spiro atoms. The maximum Gasteiger partial charge on any atom is 0.417 e. The van der Waals surface area contributed by atoms with Gasteiger partial charge in [0.1, 0.15) is 6.54 Å². The highest BCUT2D eigenvalue weighted by atomic mass is 35.5. The van der Waals surface area contributed by atoms with Crippen molar-refractivity contribution in [3.05, 3.63) is 64.4 Å². The quantitative estimate of drug-likeness (QED) is 0.799. The van der Waals surface area contributed by atoms with Gasteiger partial charge in [0.25, 0.3) is 5.91 Å². The van der Waals surface area contributed by atoms with Crippen LogP contribution in [-0.4, -0.2) is 46.2 Å². The number of hydrogen-bond donors (Lipinski definition) is 0. The van der Waals surface area contributed by atoms with Gasteiger partial charge in [0.2, 0.25) is 5.91 Å². The van der Waals surface area contributed by atoms with Crippen LogP contribution in [0.5, 0.6) is 0 Å². The Hall–Kier alpha value is -2.61. The van der Waals surface area contributed by atoms with Gasteiger partial charge in [-0.05, 0) is 29.8 Å². The number of piperazine rings is 1. The fraction of sp³-hybridized carbons (Fsp3) is 0.278. The third-order valence-electron chi connectivity index (χ3n) is 4.26. The van der Waals surface area contributed by atoms with Crippen molar-refractivity contribution in [2.24, 2.45) is 0 Å². The van der Waals surface area contributed by atoms with E-state index in [1.807, 2.05) is 0 Å². The zero-order chi connectivity index (χ0) is 19.6. The molecular weight excluding hydrogens is 383 g/mol. The van der Waals surface area contributed by atoms with Crippen molar-refractivity contribution in [3.8, 4) is 0 Å². The SMILES string of the molecule is O=C1CN(C(=O)c2cccc(C(F)(F)F)c2Cl)CCN1Cc1ccncc1. The number of alkyl halides is 3. The summed E-state index contributed by atoms with van der Waals surface area (Å²) in [5.74, 6) is -0.975. The standard InChI is InChI=1S/C18H15ClF3N3O2/c19-16-13(2-1-3-14(16)18(20,21)22)17(27)25-9-8-24(15(26)11-25)10-12-4-6-23-7-5-12/h1-7H,8-11H2. The monoisotopic (exact) mass is 397 g/mol. The average molecular weight is 398 g/mol.